The van der Waals surface area contributed by atoms with E-state index >= 15 is 0 Å². The van der Waals surface area contributed by atoms with Gasteiger partial charge in [-0.3, -0.25) is 0 Å². The van der Waals surface area contributed by atoms with Crippen LogP contribution < -0.4 is 11.1 Å². The summed E-state index contributed by atoms with van der Waals surface area (Å²) in [6, 6.07) is 8.35. The minimum Gasteiger partial charge on any atom is -0.389 e. The van der Waals surface area contributed by atoms with Crippen LogP contribution in [0.25, 0.3) is 10.6 Å². The summed E-state index contributed by atoms with van der Waals surface area (Å²) in [5.41, 5.74) is 8.00. The highest BCUT2D eigenvalue weighted by atomic mass is 32.1. The maximum Gasteiger partial charge on any atom is 0.125 e. The van der Waals surface area contributed by atoms with Gasteiger partial charge in [0.05, 0.1) is 18.9 Å². The summed E-state index contributed by atoms with van der Waals surface area (Å²) in [6.45, 7) is 2.59. The predicted molar refractivity (Wildman–Crippen MR) is 73.5 cm³/mol. The lowest BCUT2D eigenvalue weighted by Crippen LogP contribution is -2.33. The quantitative estimate of drug-likeness (QED) is 0.868. The zero-order valence-corrected chi connectivity index (χ0v) is 10.7. The molecular weight excluding hydrogens is 246 g/mol. The summed E-state index contributed by atoms with van der Waals surface area (Å²) in [5.74, 6) is 0. The lowest BCUT2D eigenvalue weighted by molar-refractivity contribution is 0.0277. The first-order valence-electron chi connectivity index (χ1n) is 5.97. The van der Waals surface area contributed by atoms with Gasteiger partial charge in [-0.25, -0.2) is 4.98 Å². The van der Waals surface area contributed by atoms with Crippen LogP contribution in [0, 0.1) is 0 Å². The van der Waals surface area contributed by atoms with Crippen LogP contribution in [0.5, 0.6) is 0 Å². The highest BCUT2D eigenvalue weighted by Gasteiger charge is 2.15. The molecule has 0 spiro atoms. The molecule has 94 valence electrons. The van der Waals surface area contributed by atoms with Gasteiger partial charge < -0.3 is 15.8 Å². The number of anilines is 1. The minimum absolute atomic E-state index is 0.161. The van der Waals surface area contributed by atoms with E-state index in [2.05, 4.69) is 34.6 Å². The van der Waals surface area contributed by atoms with Crippen LogP contribution in [0.15, 0.2) is 30.5 Å². The molecule has 0 saturated carbocycles. The molecule has 1 unspecified atom stereocenters. The lowest BCUT2D eigenvalue weighted by Gasteiger charge is -2.23. The van der Waals surface area contributed by atoms with Gasteiger partial charge in [0.1, 0.15) is 10.0 Å². The number of hydrogen-bond acceptors (Lipinski definition) is 5. The molecule has 0 radical (unpaired) electrons. The Morgan fingerprint density at radius 1 is 1.33 bits per heavy atom. The highest BCUT2D eigenvalue weighted by molar-refractivity contribution is 7.18. The number of nitrogens with one attached hydrogen (secondary N) is 1. The van der Waals surface area contributed by atoms with Gasteiger partial charge in [-0.15, -0.1) is 0 Å². The Hall–Kier alpha value is -1.43. The monoisotopic (exact) mass is 261 g/mol. The number of hydrogen-bond donors (Lipinski definition) is 2. The molecule has 1 aromatic heterocycles. The Balaban J connectivity index is 1.80. The molecule has 5 heteroatoms. The third kappa shape index (κ3) is 2.38. The van der Waals surface area contributed by atoms with Gasteiger partial charge in [0.25, 0.3) is 0 Å². The Bertz CT molecular complexity index is 517. The summed E-state index contributed by atoms with van der Waals surface area (Å²) in [5, 5.41) is 5.04. The molecule has 2 aromatic rings. The second-order valence-electron chi connectivity index (χ2n) is 4.25. The van der Waals surface area contributed by atoms with Gasteiger partial charge >= 0.3 is 0 Å². The van der Waals surface area contributed by atoms with E-state index in [9.17, 15) is 0 Å². The Morgan fingerprint density at radius 2 is 2.17 bits per heavy atom. The number of nitrogens with zero attached hydrogens (tertiary/aromatic N) is 1. The number of nitrogen functional groups attached to an aromatic ring is 1. The van der Waals surface area contributed by atoms with Crippen LogP contribution in [0.4, 0.5) is 5.00 Å². The molecule has 1 aliphatic heterocycles. The molecule has 4 nitrogen and oxygen atoms in total. The van der Waals surface area contributed by atoms with Gasteiger partial charge in [-0.1, -0.05) is 35.6 Å². The molecule has 1 saturated heterocycles. The average molecular weight is 261 g/mol. The van der Waals surface area contributed by atoms with Gasteiger partial charge in [0.2, 0.25) is 0 Å². The molecule has 1 aromatic carbocycles. The molecule has 3 rings (SSSR count). The van der Waals surface area contributed by atoms with Crippen molar-refractivity contribution in [1.29, 1.82) is 0 Å². The first-order chi connectivity index (χ1) is 8.83. The second-order valence-corrected chi connectivity index (χ2v) is 5.32. The van der Waals surface area contributed by atoms with Crippen LogP contribution in [-0.4, -0.2) is 24.7 Å². The van der Waals surface area contributed by atoms with Crippen molar-refractivity contribution >= 4 is 16.3 Å². The SMILES string of the molecule is Nc1cnc(-c2ccc(C3CNCCO3)cc2)s1. The van der Waals surface area contributed by atoms with Crippen LogP contribution in [0.2, 0.25) is 0 Å². The van der Waals surface area contributed by atoms with Crippen LogP contribution in [0.1, 0.15) is 11.7 Å². The van der Waals surface area contributed by atoms with Gasteiger partial charge in [-0.2, -0.15) is 0 Å². The largest absolute Gasteiger partial charge is 0.389 e. The lowest BCUT2D eigenvalue weighted by atomic mass is 10.1. The van der Waals surface area contributed by atoms with Crippen molar-refractivity contribution in [3.63, 3.8) is 0 Å². The topological polar surface area (TPSA) is 60.2 Å². The fourth-order valence-corrected chi connectivity index (χ4v) is 2.73. The number of thiazole rings is 1. The van der Waals surface area contributed by atoms with Crippen LogP contribution >= 0.6 is 11.3 Å². The summed E-state index contributed by atoms with van der Waals surface area (Å²) in [6.07, 6.45) is 1.86. The highest BCUT2D eigenvalue weighted by Crippen LogP contribution is 2.28. The zero-order chi connectivity index (χ0) is 12.4. The van der Waals surface area contributed by atoms with E-state index in [-0.39, 0.29) is 6.10 Å². The van der Waals surface area contributed by atoms with E-state index in [1.54, 1.807) is 6.20 Å². The van der Waals surface area contributed by atoms with Crippen LogP contribution in [0.3, 0.4) is 0 Å². The Morgan fingerprint density at radius 3 is 2.78 bits per heavy atom. The summed E-state index contributed by atoms with van der Waals surface area (Å²) in [7, 11) is 0. The van der Waals surface area contributed by atoms with Crippen molar-refractivity contribution in [2.45, 2.75) is 6.10 Å². The molecule has 3 N–H and O–H groups in total. The third-order valence-corrected chi connectivity index (χ3v) is 3.86. The molecule has 0 aliphatic carbocycles. The average Bonchev–Trinajstić information content (AvgIpc) is 2.87. The van der Waals surface area contributed by atoms with E-state index in [4.69, 9.17) is 10.5 Å². The van der Waals surface area contributed by atoms with Crippen molar-refractivity contribution in [1.82, 2.24) is 10.3 Å². The normalized spacial score (nSPS) is 19.9. The predicted octanol–water partition coefficient (Wildman–Crippen LogP) is 2.05. The van der Waals surface area contributed by atoms with Crippen molar-refractivity contribution in [3.05, 3.63) is 36.0 Å². The maximum atomic E-state index is 5.72. The standard InChI is InChI=1S/C13H15N3OS/c14-12-8-16-13(18-12)10-3-1-9(2-4-10)11-7-15-5-6-17-11/h1-4,8,11,15H,5-7,14H2. The number of morpholine rings is 1. The minimum atomic E-state index is 0.161. The second kappa shape index (κ2) is 5.06. The number of nitrogens with two attached hydrogens (primary N) is 1. The summed E-state index contributed by atoms with van der Waals surface area (Å²) in [4.78, 5) is 4.28. The smallest absolute Gasteiger partial charge is 0.125 e. The molecule has 0 amide bonds. The van der Waals surface area contributed by atoms with E-state index < -0.39 is 0 Å². The van der Waals surface area contributed by atoms with E-state index in [0.717, 1.165) is 35.3 Å². The van der Waals surface area contributed by atoms with Crippen molar-refractivity contribution in [2.75, 3.05) is 25.4 Å². The number of ether oxygens (including phenoxy) is 1. The Labute approximate surface area is 110 Å². The van der Waals surface area contributed by atoms with Crippen LogP contribution in [-0.2, 0) is 4.74 Å². The van der Waals surface area contributed by atoms with Gasteiger partial charge in [-0.05, 0) is 5.56 Å². The van der Waals surface area contributed by atoms with Gasteiger partial charge in [0, 0.05) is 18.7 Å². The molecule has 1 fully saturated rings. The van der Waals surface area contributed by atoms with Crippen molar-refractivity contribution in [3.8, 4) is 10.6 Å². The van der Waals surface area contributed by atoms with Crippen molar-refractivity contribution < 1.29 is 4.74 Å². The number of aromatic nitrogens is 1. The molecule has 1 atom stereocenters. The number of benzene rings is 1. The zero-order valence-electron chi connectivity index (χ0n) is 9.93. The molecule has 18 heavy (non-hydrogen) atoms. The molecule has 0 bridgehead atoms. The fourth-order valence-electron chi connectivity index (χ4n) is 2.04. The summed E-state index contributed by atoms with van der Waals surface area (Å²) >= 11 is 1.51. The fraction of sp³-hybridized carbons (Fsp3) is 0.308. The third-order valence-electron chi connectivity index (χ3n) is 2.98. The maximum absolute atomic E-state index is 5.72. The van der Waals surface area contributed by atoms with E-state index in [0.29, 0.717) is 0 Å². The molecule has 2 heterocycles. The molecule has 1 aliphatic rings. The van der Waals surface area contributed by atoms with E-state index in [1.807, 2.05) is 0 Å². The first-order valence-corrected chi connectivity index (χ1v) is 6.78. The molecular formula is C13H15N3OS. The number of rotatable bonds is 2. The van der Waals surface area contributed by atoms with Gasteiger partial charge in [0.15, 0.2) is 0 Å². The summed E-state index contributed by atoms with van der Waals surface area (Å²) < 4.78 is 5.72. The van der Waals surface area contributed by atoms with E-state index in [1.165, 1.54) is 16.9 Å². The van der Waals surface area contributed by atoms with Crippen molar-refractivity contribution in [2.24, 2.45) is 0 Å². The Kier molecular flexibility index (Phi) is 3.27. The first kappa shape index (κ1) is 11.6.